The summed E-state index contributed by atoms with van der Waals surface area (Å²) in [6.45, 7) is 5.11. The van der Waals surface area contributed by atoms with Crippen LogP contribution in [0.4, 0.5) is 0 Å². The second-order valence-corrected chi connectivity index (χ2v) is 7.00. The molecule has 0 bridgehead atoms. The number of aromatic hydroxyl groups is 1. The molecule has 0 unspecified atom stereocenters. The van der Waals surface area contributed by atoms with Gasteiger partial charge in [0.2, 0.25) is 0 Å². The first-order chi connectivity index (χ1) is 9.61. The molecule has 2 rings (SSSR count). The van der Waals surface area contributed by atoms with E-state index >= 15 is 0 Å². The van der Waals surface area contributed by atoms with Crippen molar-refractivity contribution in [2.24, 2.45) is 7.05 Å². The molecule has 0 aliphatic carbocycles. The molecule has 0 fully saturated rings. The number of rotatable bonds is 1. The van der Waals surface area contributed by atoms with Crippen LogP contribution in [0.1, 0.15) is 31.1 Å². The topological polar surface area (TPSA) is 68.5 Å². The number of pyridine rings is 1. The summed E-state index contributed by atoms with van der Waals surface area (Å²) in [5.74, 6) is -1.15. The van der Waals surface area contributed by atoms with Crippen LogP contribution in [0, 0.1) is 3.57 Å². The van der Waals surface area contributed by atoms with Gasteiger partial charge in [-0.3, -0.25) is 4.79 Å². The predicted octanol–water partition coefficient (Wildman–Crippen LogP) is 2.80. The molecule has 0 radical (unpaired) electrons. The van der Waals surface area contributed by atoms with Gasteiger partial charge in [-0.15, -0.1) is 0 Å². The van der Waals surface area contributed by atoms with Gasteiger partial charge in [-0.05, 0) is 61.6 Å². The van der Waals surface area contributed by atoms with Crippen LogP contribution in [0.2, 0.25) is 0 Å². The number of fused-ring (bicyclic) bond motifs is 1. The lowest BCUT2D eigenvalue weighted by Gasteiger charge is -2.20. The molecular formula is C15H16INO4. The van der Waals surface area contributed by atoms with E-state index in [1.54, 1.807) is 40.0 Å². The van der Waals surface area contributed by atoms with Crippen molar-refractivity contribution < 1.29 is 14.6 Å². The Kier molecular flexibility index (Phi) is 4.01. The van der Waals surface area contributed by atoms with Crippen molar-refractivity contribution in [3.8, 4) is 5.75 Å². The van der Waals surface area contributed by atoms with Crippen LogP contribution in [0.15, 0.2) is 23.0 Å². The van der Waals surface area contributed by atoms with Crippen molar-refractivity contribution in [2.45, 2.75) is 26.4 Å². The van der Waals surface area contributed by atoms with E-state index in [0.29, 0.717) is 10.9 Å². The number of benzene rings is 1. The highest BCUT2D eigenvalue weighted by Crippen LogP contribution is 2.28. The molecule has 0 atom stereocenters. The Morgan fingerprint density at radius 2 is 1.95 bits per heavy atom. The number of nitrogens with zero attached hydrogens (tertiary/aromatic N) is 1. The van der Waals surface area contributed by atoms with Crippen LogP contribution >= 0.6 is 22.6 Å². The summed E-state index contributed by atoms with van der Waals surface area (Å²) in [6, 6.07) is 5.28. The molecule has 5 nitrogen and oxygen atoms in total. The van der Waals surface area contributed by atoms with Gasteiger partial charge in [0.1, 0.15) is 11.4 Å². The minimum atomic E-state index is -0.818. The SMILES string of the molecule is Cn1c(=O)c(C(=O)OC(C)(C)C)c(O)c2cc(I)ccc21. The summed E-state index contributed by atoms with van der Waals surface area (Å²) in [6.07, 6.45) is 0. The first kappa shape index (κ1) is 15.8. The van der Waals surface area contributed by atoms with Gasteiger partial charge in [-0.25, -0.2) is 4.79 Å². The number of aryl methyl sites for hydroxylation is 1. The molecule has 0 spiro atoms. The van der Waals surface area contributed by atoms with E-state index in [1.807, 2.05) is 6.07 Å². The smallest absolute Gasteiger partial charge is 0.348 e. The third kappa shape index (κ3) is 3.04. The lowest BCUT2D eigenvalue weighted by Crippen LogP contribution is -2.30. The number of hydrogen-bond acceptors (Lipinski definition) is 4. The minimum absolute atomic E-state index is 0.332. The molecule has 1 aromatic heterocycles. The molecule has 0 amide bonds. The number of halogens is 1. The molecule has 0 aliphatic rings. The van der Waals surface area contributed by atoms with Crippen molar-refractivity contribution in [1.82, 2.24) is 4.57 Å². The van der Waals surface area contributed by atoms with Crippen LogP contribution in [-0.4, -0.2) is 21.2 Å². The van der Waals surface area contributed by atoms with Gasteiger partial charge in [-0.1, -0.05) is 0 Å². The summed E-state index contributed by atoms with van der Waals surface area (Å²) < 4.78 is 7.44. The van der Waals surface area contributed by atoms with Gasteiger partial charge in [0.15, 0.2) is 5.56 Å². The van der Waals surface area contributed by atoms with E-state index in [1.165, 1.54) is 4.57 Å². The fraction of sp³-hybridized carbons (Fsp3) is 0.333. The molecule has 0 aliphatic heterocycles. The Balaban J connectivity index is 2.75. The number of esters is 1. The number of carbonyl (C=O) groups is 1. The van der Waals surface area contributed by atoms with Crippen LogP contribution in [0.3, 0.4) is 0 Å². The molecule has 6 heteroatoms. The highest BCUT2D eigenvalue weighted by molar-refractivity contribution is 14.1. The van der Waals surface area contributed by atoms with Gasteiger partial charge in [0.05, 0.1) is 5.52 Å². The Labute approximate surface area is 135 Å². The third-order valence-corrected chi connectivity index (χ3v) is 3.60. The molecule has 1 heterocycles. The van der Waals surface area contributed by atoms with Gasteiger partial charge in [0, 0.05) is 16.0 Å². The fourth-order valence-corrected chi connectivity index (χ4v) is 2.51. The molecule has 2 aromatic rings. The Morgan fingerprint density at radius 1 is 1.33 bits per heavy atom. The summed E-state index contributed by atoms with van der Waals surface area (Å²) in [5, 5.41) is 10.8. The van der Waals surface area contributed by atoms with E-state index in [4.69, 9.17) is 4.74 Å². The van der Waals surface area contributed by atoms with Gasteiger partial charge >= 0.3 is 5.97 Å². The van der Waals surface area contributed by atoms with E-state index in [0.717, 1.165) is 3.57 Å². The third-order valence-electron chi connectivity index (χ3n) is 2.93. The van der Waals surface area contributed by atoms with Crippen molar-refractivity contribution in [1.29, 1.82) is 0 Å². The summed E-state index contributed by atoms with van der Waals surface area (Å²) in [4.78, 5) is 24.5. The summed E-state index contributed by atoms with van der Waals surface area (Å²) in [7, 11) is 1.56. The monoisotopic (exact) mass is 401 g/mol. The minimum Gasteiger partial charge on any atom is -0.506 e. The first-order valence-corrected chi connectivity index (χ1v) is 7.44. The number of ether oxygens (including phenoxy) is 1. The highest BCUT2D eigenvalue weighted by Gasteiger charge is 2.26. The number of carbonyl (C=O) groups excluding carboxylic acids is 1. The Hall–Kier alpha value is -1.57. The summed E-state index contributed by atoms with van der Waals surface area (Å²) in [5.41, 5.74) is -1.09. The lowest BCUT2D eigenvalue weighted by atomic mass is 10.1. The van der Waals surface area contributed by atoms with Crippen molar-refractivity contribution >= 4 is 39.5 Å². The van der Waals surface area contributed by atoms with E-state index in [-0.39, 0.29) is 11.3 Å². The molecule has 1 aromatic carbocycles. The second kappa shape index (κ2) is 5.32. The fourth-order valence-electron chi connectivity index (χ4n) is 2.02. The normalized spacial score (nSPS) is 11.7. The zero-order valence-corrected chi connectivity index (χ0v) is 14.4. The zero-order valence-electron chi connectivity index (χ0n) is 12.2. The zero-order chi connectivity index (χ0) is 15.9. The quantitative estimate of drug-likeness (QED) is 0.590. The molecule has 0 saturated heterocycles. The van der Waals surface area contributed by atoms with E-state index < -0.39 is 17.1 Å². The van der Waals surface area contributed by atoms with E-state index in [9.17, 15) is 14.7 Å². The van der Waals surface area contributed by atoms with Crippen molar-refractivity contribution in [2.75, 3.05) is 0 Å². The average molecular weight is 401 g/mol. The van der Waals surface area contributed by atoms with Gasteiger partial charge < -0.3 is 14.4 Å². The maximum atomic E-state index is 12.3. The van der Waals surface area contributed by atoms with Crippen molar-refractivity contribution in [3.63, 3.8) is 0 Å². The molecule has 1 N–H and O–H groups in total. The largest absolute Gasteiger partial charge is 0.506 e. The standard InChI is InChI=1S/C15H16INO4/c1-15(2,3)21-14(20)11-12(18)9-7-8(16)5-6-10(9)17(4)13(11)19/h5-7,18H,1-4H3. The van der Waals surface area contributed by atoms with Crippen LogP contribution in [0.5, 0.6) is 5.75 Å². The highest BCUT2D eigenvalue weighted by atomic mass is 127. The Bertz CT molecular complexity index is 787. The number of hydrogen-bond donors (Lipinski definition) is 1. The van der Waals surface area contributed by atoms with Crippen LogP contribution in [0.25, 0.3) is 10.9 Å². The van der Waals surface area contributed by atoms with Gasteiger partial charge in [0.25, 0.3) is 5.56 Å². The summed E-state index contributed by atoms with van der Waals surface area (Å²) >= 11 is 2.10. The van der Waals surface area contributed by atoms with E-state index in [2.05, 4.69) is 22.6 Å². The average Bonchev–Trinajstić information content (AvgIpc) is 2.34. The van der Waals surface area contributed by atoms with Crippen LogP contribution < -0.4 is 5.56 Å². The second-order valence-electron chi connectivity index (χ2n) is 5.75. The predicted molar refractivity (Wildman–Crippen MR) is 88.7 cm³/mol. The molecule has 0 saturated carbocycles. The number of aromatic nitrogens is 1. The maximum absolute atomic E-state index is 12.3. The van der Waals surface area contributed by atoms with Crippen molar-refractivity contribution in [3.05, 3.63) is 37.7 Å². The Morgan fingerprint density at radius 3 is 2.52 bits per heavy atom. The maximum Gasteiger partial charge on any atom is 0.348 e. The van der Waals surface area contributed by atoms with Crippen LogP contribution in [-0.2, 0) is 11.8 Å². The molecule has 21 heavy (non-hydrogen) atoms. The first-order valence-electron chi connectivity index (χ1n) is 6.36. The van der Waals surface area contributed by atoms with Gasteiger partial charge in [-0.2, -0.15) is 0 Å². The lowest BCUT2D eigenvalue weighted by molar-refractivity contribution is 0.00645. The molecule has 112 valence electrons. The molecular weight excluding hydrogens is 385 g/mol.